The Hall–Kier alpha value is 0.220. The Morgan fingerprint density at radius 2 is 1.29 bits per heavy atom. The number of hydrogen-bond donors (Lipinski definition) is 0. The Kier molecular flexibility index (Phi) is 13.4. The monoisotopic (exact) mass is 260 g/mol. The quantitative estimate of drug-likeness (QED) is 0.278. The minimum Gasteiger partial charge on any atom is -0.0928 e. The highest BCUT2D eigenvalue weighted by atomic mass is 79.9. The van der Waals surface area contributed by atoms with Gasteiger partial charge in [-0.15, -0.1) is 0 Å². The number of alkyl halides is 1. The van der Waals surface area contributed by atoms with E-state index in [0.29, 0.717) is 0 Å². The summed E-state index contributed by atoms with van der Waals surface area (Å²) in [6, 6.07) is 0. The van der Waals surface area contributed by atoms with Gasteiger partial charge in [-0.25, -0.2) is 0 Å². The van der Waals surface area contributed by atoms with Crippen LogP contribution < -0.4 is 0 Å². The second-order valence-corrected chi connectivity index (χ2v) is 4.67. The average molecular weight is 261 g/mol. The van der Waals surface area contributed by atoms with E-state index >= 15 is 0 Å². The van der Waals surface area contributed by atoms with Crippen molar-refractivity contribution in [1.29, 1.82) is 0 Å². The zero-order valence-electron chi connectivity index (χ0n) is 9.60. The molecule has 0 aliphatic rings. The molecule has 0 radical (unpaired) electrons. The molecule has 0 aromatic carbocycles. The van der Waals surface area contributed by atoms with Crippen LogP contribution in [0.3, 0.4) is 0 Å². The van der Waals surface area contributed by atoms with E-state index in [1.54, 1.807) is 0 Å². The third kappa shape index (κ3) is 12.2. The van der Waals surface area contributed by atoms with E-state index in [-0.39, 0.29) is 0 Å². The second kappa shape index (κ2) is 13.2. The van der Waals surface area contributed by atoms with Gasteiger partial charge in [0.05, 0.1) is 0 Å². The first-order chi connectivity index (χ1) is 6.91. The van der Waals surface area contributed by atoms with Gasteiger partial charge in [0.2, 0.25) is 0 Å². The van der Waals surface area contributed by atoms with E-state index in [9.17, 15) is 0 Å². The molecule has 84 valence electrons. The minimum absolute atomic E-state index is 1.18. The second-order valence-electron chi connectivity index (χ2n) is 3.88. The third-order valence-electron chi connectivity index (χ3n) is 2.49. The summed E-state index contributed by atoms with van der Waals surface area (Å²) < 4.78 is 0. The lowest BCUT2D eigenvalue weighted by Gasteiger charge is -2.00. The SMILES string of the molecule is C/C=C\CCCCCCCCCCBr. The molecule has 0 bridgehead atoms. The van der Waals surface area contributed by atoms with E-state index in [4.69, 9.17) is 0 Å². The molecule has 0 rings (SSSR count). The molecular formula is C13H25Br. The van der Waals surface area contributed by atoms with Crippen molar-refractivity contribution in [2.24, 2.45) is 0 Å². The molecule has 0 aliphatic carbocycles. The van der Waals surface area contributed by atoms with Crippen molar-refractivity contribution in [3.8, 4) is 0 Å². The Balaban J connectivity index is 2.85. The first-order valence-electron chi connectivity index (χ1n) is 6.09. The molecular weight excluding hydrogens is 236 g/mol. The van der Waals surface area contributed by atoms with Crippen LogP contribution in [0.15, 0.2) is 12.2 Å². The maximum absolute atomic E-state index is 3.46. The van der Waals surface area contributed by atoms with Gasteiger partial charge in [0.1, 0.15) is 0 Å². The largest absolute Gasteiger partial charge is 0.0928 e. The van der Waals surface area contributed by atoms with Gasteiger partial charge in [0, 0.05) is 5.33 Å². The molecule has 0 N–H and O–H groups in total. The van der Waals surface area contributed by atoms with Crippen molar-refractivity contribution >= 4 is 15.9 Å². The molecule has 0 nitrogen and oxygen atoms in total. The Bertz CT molecular complexity index is 118. The molecule has 0 aliphatic heterocycles. The maximum atomic E-state index is 3.46. The Morgan fingerprint density at radius 3 is 1.79 bits per heavy atom. The summed E-state index contributed by atoms with van der Waals surface area (Å²) in [4.78, 5) is 0. The summed E-state index contributed by atoms with van der Waals surface area (Å²) >= 11 is 3.46. The van der Waals surface area contributed by atoms with Crippen molar-refractivity contribution in [2.45, 2.75) is 64.7 Å². The number of allylic oxidation sites excluding steroid dienone is 2. The van der Waals surface area contributed by atoms with E-state index in [1.807, 2.05) is 0 Å². The molecule has 14 heavy (non-hydrogen) atoms. The van der Waals surface area contributed by atoms with Crippen molar-refractivity contribution in [1.82, 2.24) is 0 Å². The molecule has 0 spiro atoms. The third-order valence-corrected chi connectivity index (χ3v) is 3.05. The van der Waals surface area contributed by atoms with Crippen LogP contribution in [-0.2, 0) is 0 Å². The van der Waals surface area contributed by atoms with Crippen LogP contribution in [0, 0.1) is 0 Å². The van der Waals surface area contributed by atoms with Gasteiger partial charge >= 0.3 is 0 Å². The lowest BCUT2D eigenvalue weighted by atomic mass is 10.1. The van der Waals surface area contributed by atoms with Gasteiger partial charge in [0.15, 0.2) is 0 Å². The van der Waals surface area contributed by atoms with Crippen LogP contribution >= 0.6 is 15.9 Å². The van der Waals surface area contributed by atoms with Gasteiger partial charge in [0.25, 0.3) is 0 Å². The summed E-state index contributed by atoms with van der Waals surface area (Å²) in [5, 5.41) is 1.18. The van der Waals surface area contributed by atoms with E-state index in [2.05, 4.69) is 35.0 Å². The van der Waals surface area contributed by atoms with Crippen molar-refractivity contribution in [2.75, 3.05) is 5.33 Å². The summed E-state index contributed by atoms with van der Waals surface area (Å²) in [7, 11) is 0. The number of rotatable bonds is 10. The molecule has 0 saturated heterocycles. The lowest BCUT2D eigenvalue weighted by molar-refractivity contribution is 0.579. The molecule has 0 unspecified atom stereocenters. The average Bonchev–Trinajstić information content (AvgIpc) is 2.21. The molecule has 0 fully saturated rings. The van der Waals surface area contributed by atoms with E-state index in [0.717, 1.165) is 0 Å². The van der Waals surface area contributed by atoms with Gasteiger partial charge in [-0.1, -0.05) is 66.6 Å². The van der Waals surface area contributed by atoms with Crippen LogP contribution in [-0.4, -0.2) is 5.33 Å². The molecule has 0 aromatic heterocycles. The van der Waals surface area contributed by atoms with Gasteiger partial charge in [-0.3, -0.25) is 0 Å². The molecule has 1 heteroatoms. The molecule has 0 saturated carbocycles. The zero-order valence-corrected chi connectivity index (χ0v) is 11.2. The highest BCUT2D eigenvalue weighted by molar-refractivity contribution is 9.09. The van der Waals surface area contributed by atoms with E-state index < -0.39 is 0 Å². The first-order valence-corrected chi connectivity index (χ1v) is 7.21. The summed E-state index contributed by atoms with van der Waals surface area (Å²) in [5.41, 5.74) is 0. The fraction of sp³-hybridized carbons (Fsp3) is 0.846. The van der Waals surface area contributed by atoms with Crippen molar-refractivity contribution < 1.29 is 0 Å². The van der Waals surface area contributed by atoms with Crippen LogP contribution in [0.5, 0.6) is 0 Å². The molecule has 0 aromatic rings. The van der Waals surface area contributed by atoms with Crippen molar-refractivity contribution in [3.63, 3.8) is 0 Å². The standard InChI is InChI=1S/C13H25Br/c1-2-3-4-5-6-7-8-9-10-11-12-13-14/h2-3H,4-13H2,1H3/b3-2-. The van der Waals surface area contributed by atoms with Crippen LogP contribution in [0.25, 0.3) is 0 Å². The lowest BCUT2D eigenvalue weighted by Crippen LogP contribution is -1.81. The normalized spacial score (nSPS) is 11.3. The summed E-state index contributed by atoms with van der Waals surface area (Å²) in [5.74, 6) is 0. The minimum atomic E-state index is 1.18. The predicted molar refractivity (Wildman–Crippen MR) is 70.2 cm³/mol. The van der Waals surface area contributed by atoms with Gasteiger partial charge < -0.3 is 0 Å². The molecule has 0 amide bonds. The summed E-state index contributed by atoms with van der Waals surface area (Å²) in [6.45, 7) is 2.10. The fourth-order valence-corrected chi connectivity index (χ4v) is 1.98. The van der Waals surface area contributed by atoms with Crippen molar-refractivity contribution in [3.05, 3.63) is 12.2 Å². The molecule has 0 heterocycles. The molecule has 0 atom stereocenters. The van der Waals surface area contributed by atoms with Crippen LogP contribution in [0.4, 0.5) is 0 Å². The maximum Gasteiger partial charge on any atom is 0.00313 e. The highest BCUT2D eigenvalue weighted by Gasteiger charge is 1.90. The zero-order chi connectivity index (χ0) is 10.5. The smallest absolute Gasteiger partial charge is 0.00313 e. The number of halogens is 1. The Labute approximate surface area is 98.3 Å². The highest BCUT2D eigenvalue weighted by Crippen LogP contribution is 2.10. The van der Waals surface area contributed by atoms with Crippen LogP contribution in [0.2, 0.25) is 0 Å². The van der Waals surface area contributed by atoms with Gasteiger partial charge in [-0.2, -0.15) is 0 Å². The first kappa shape index (κ1) is 14.2. The summed E-state index contributed by atoms with van der Waals surface area (Å²) in [6.07, 6.45) is 17.0. The number of hydrogen-bond acceptors (Lipinski definition) is 0. The predicted octanol–water partition coefficient (Wildman–Crippen LogP) is 5.47. The topological polar surface area (TPSA) is 0 Å². The van der Waals surface area contributed by atoms with Gasteiger partial charge in [-0.05, 0) is 26.2 Å². The van der Waals surface area contributed by atoms with E-state index in [1.165, 1.54) is 63.1 Å². The Morgan fingerprint density at radius 1 is 0.786 bits per heavy atom. The number of unbranched alkanes of at least 4 members (excludes halogenated alkanes) is 8. The fourth-order valence-electron chi connectivity index (χ4n) is 1.58. The van der Waals surface area contributed by atoms with Crippen LogP contribution in [0.1, 0.15) is 64.7 Å².